The number of hydrogen-bond donors (Lipinski definition) is 1. The van der Waals surface area contributed by atoms with Crippen molar-refractivity contribution in [3.05, 3.63) is 16.0 Å². The standard InChI is InChI=1S/C20H31N7O5/c1-7-13-15(24-8-10-25(11-9-24)19(31)32-20(2,3)4)16(30)27-18(26(13)12-14(28)29)21-17(22-27)23(5)6/h7-12H2,1-6H3,(H,28,29). The van der Waals surface area contributed by atoms with E-state index < -0.39 is 17.7 Å². The summed E-state index contributed by atoms with van der Waals surface area (Å²) in [6.07, 6.45) is 0.0450. The Hall–Kier alpha value is -3.31. The second-order valence-electron chi connectivity index (χ2n) is 8.91. The maximum absolute atomic E-state index is 13.4. The predicted molar refractivity (Wildman–Crippen MR) is 119 cm³/mol. The second kappa shape index (κ2) is 8.67. The Bertz CT molecular complexity index is 1070. The van der Waals surface area contributed by atoms with Gasteiger partial charge in [-0.1, -0.05) is 6.92 Å². The molecule has 12 nitrogen and oxygen atoms in total. The average molecular weight is 450 g/mol. The molecular weight excluding hydrogens is 418 g/mol. The van der Waals surface area contributed by atoms with Gasteiger partial charge in [-0.25, -0.2) is 4.79 Å². The SMILES string of the molecule is CCc1c(N2CCN(C(=O)OC(C)(C)C)CC2)c(=O)n2nc(N(C)C)nc2n1CC(=O)O. The van der Waals surface area contributed by atoms with Crippen LogP contribution in [0.2, 0.25) is 0 Å². The van der Waals surface area contributed by atoms with Crippen molar-refractivity contribution in [1.82, 2.24) is 24.1 Å². The molecule has 2 aromatic heterocycles. The first-order chi connectivity index (χ1) is 14.9. The summed E-state index contributed by atoms with van der Waals surface area (Å²) in [5, 5.41) is 13.8. The molecule has 1 saturated heterocycles. The van der Waals surface area contributed by atoms with E-state index in [0.717, 1.165) is 4.52 Å². The van der Waals surface area contributed by atoms with Crippen LogP contribution in [0.3, 0.4) is 0 Å². The number of fused-ring (bicyclic) bond motifs is 1. The van der Waals surface area contributed by atoms with Crippen LogP contribution in [0.25, 0.3) is 5.78 Å². The second-order valence-corrected chi connectivity index (χ2v) is 8.91. The topological polar surface area (TPSA) is 126 Å². The van der Waals surface area contributed by atoms with Gasteiger partial charge < -0.3 is 29.1 Å². The Morgan fingerprint density at radius 3 is 2.28 bits per heavy atom. The normalized spacial score (nSPS) is 14.7. The van der Waals surface area contributed by atoms with E-state index in [0.29, 0.717) is 49.9 Å². The Labute approximate surface area is 186 Å². The molecule has 0 bridgehead atoms. The number of piperazine rings is 1. The molecule has 3 rings (SSSR count). The smallest absolute Gasteiger partial charge is 0.410 e. The van der Waals surface area contributed by atoms with Crippen LogP contribution in [0, 0.1) is 0 Å². The Morgan fingerprint density at radius 2 is 1.78 bits per heavy atom. The number of anilines is 2. The van der Waals surface area contributed by atoms with Gasteiger partial charge in [-0.05, 0) is 27.2 Å². The van der Waals surface area contributed by atoms with Crippen molar-refractivity contribution >= 4 is 29.5 Å². The van der Waals surface area contributed by atoms with E-state index in [1.807, 2.05) is 32.6 Å². The molecule has 0 atom stereocenters. The first-order valence-electron chi connectivity index (χ1n) is 10.6. The van der Waals surface area contributed by atoms with Crippen LogP contribution in [0.4, 0.5) is 16.4 Å². The highest BCUT2D eigenvalue weighted by molar-refractivity contribution is 5.70. The van der Waals surface area contributed by atoms with Crippen LogP contribution in [0.5, 0.6) is 0 Å². The van der Waals surface area contributed by atoms with E-state index in [1.165, 1.54) is 4.57 Å². The van der Waals surface area contributed by atoms with Crippen molar-refractivity contribution in [2.75, 3.05) is 50.1 Å². The summed E-state index contributed by atoms with van der Waals surface area (Å²) in [4.78, 5) is 46.9. The molecule has 0 spiro atoms. The molecule has 1 N–H and O–H groups in total. The molecule has 12 heteroatoms. The summed E-state index contributed by atoms with van der Waals surface area (Å²) in [7, 11) is 3.50. The minimum absolute atomic E-state index is 0.189. The fourth-order valence-electron chi connectivity index (χ4n) is 3.68. The molecule has 0 radical (unpaired) electrons. The maximum Gasteiger partial charge on any atom is 0.410 e. The van der Waals surface area contributed by atoms with Gasteiger partial charge in [0.1, 0.15) is 17.8 Å². The van der Waals surface area contributed by atoms with Crippen LogP contribution in [-0.2, 0) is 22.5 Å². The van der Waals surface area contributed by atoms with Crippen LogP contribution >= 0.6 is 0 Å². The number of aromatic nitrogens is 4. The molecule has 0 aromatic carbocycles. The van der Waals surface area contributed by atoms with Crippen molar-refractivity contribution in [3.8, 4) is 0 Å². The van der Waals surface area contributed by atoms with E-state index in [4.69, 9.17) is 4.74 Å². The summed E-state index contributed by atoms with van der Waals surface area (Å²) in [6, 6.07) is 0. The number of carbonyl (C=O) groups excluding carboxylic acids is 1. The summed E-state index contributed by atoms with van der Waals surface area (Å²) >= 11 is 0. The van der Waals surface area contributed by atoms with Gasteiger partial charge in [0.05, 0.1) is 5.69 Å². The summed E-state index contributed by atoms with van der Waals surface area (Å²) in [5.41, 5.74) is 0.0228. The molecule has 3 heterocycles. The first-order valence-corrected chi connectivity index (χ1v) is 10.6. The van der Waals surface area contributed by atoms with Crippen molar-refractivity contribution in [2.45, 2.75) is 46.3 Å². The van der Waals surface area contributed by atoms with Crippen molar-refractivity contribution in [1.29, 1.82) is 0 Å². The zero-order valence-electron chi connectivity index (χ0n) is 19.5. The Morgan fingerprint density at radius 1 is 1.16 bits per heavy atom. The Kier molecular flexibility index (Phi) is 6.33. The molecule has 1 amide bonds. The molecule has 2 aromatic rings. The van der Waals surface area contributed by atoms with Gasteiger partial charge in [0.25, 0.3) is 5.56 Å². The third-order valence-corrected chi connectivity index (χ3v) is 5.09. The predicted octanol–water partition coefficient (Wildman–Crippen LogP) is 0.661. The van der Waals surface area contributed by atoms with E-state index in [-0.39, 0.29) is 17.9 Å². The van der Waals surface area contributed by atoms with Crippen molar-refractivity contribution in [2.24, 2.45) is 0 Å². The van der Waals surface area contributed by atoms with Crippen LogP contribution in [-0.4, -0.2) is 87.1 Å². The van der Waals surface area contributed by atoms with Crippen molar-refractivity contribution < 1.29 is 19.4 Å². The molecule has 1 aliphatic rings. The van der Waals surface area contributed by atoms with Gasteiger partial charge in [-0.15, -0.1) is 5.10 Å². The van der Waals surface area contributed by atoms with Crippen LogP contribution in [0.15, 0.2) is 4.79 Å². The number of nitrogens with zero attached hydrogens (tertiary/aromatic N) is 7. The molecule has 0 aliphatic carbocycles. The number of carbonyl (C=O) groups is 2. The van der Waals surface area contributed by atoms with Gasteiger partial charge >= 0.3 is 12.1 Å². The number of rotatable bonds is 5. The lowest BCUT2D eigenvalue weighted by atomic mass is 10.2. The number of carboxylic acids is 1. The molecule has 0 unspecified atom stereocenters. The lowest BCUT2D eigenvalue weighted by Crippen LogP contribution is -2.51. The molecule has 1 aliphatic heterocycles. The number of amides is 1. The minimum Gasteiger partial charge on any atom is -0.480 e. The lowest BCUT2D eigenvalue weighted by Gasteiger charge is -2.37. The van der Waals surface area contributed by atoms with Crippen LogP contribution in [0.1, 0.15) is 33.4 Å². The lowest BCUT2D eigenvalue weighted by molar-refractivity contribution is -0.137. The zero-order chi connectivity index (χ0) is 23.8. The third-order valence-electron chi connectivity index (χ3n) is 5.09. The van der Waals surface area contributed by atoms with Gasteiger partial charge in [0, 0.05) is 40.3 Å². The largest absolute Gasteiger partial charge is 0.480 e. The van der Waals surface area contributed by atoms with E-state index in [9.17, 15) is 19.5 Å². The molecule has 32 heavy (non-hydrogen) atoms. The highest BCUT2D eigenvalue weighted by Gasteiger charge is 2.30. The fourth-order valence-corrected chi connectivity index (χ4v) is 3.68. The van der Waals surface area contributed by atoms with Gasteiger partial charge in [0.2, 0.25) is 11.7 Å². The van der Waals surface area contributed by atoms with Gasteiger partial charge in [-0.2, -0.15) is 9.50 Å². The fraction of sp³-hybridized carbons (Fsp3) is 0.650. The summed E-state index contributed by atoms with van der Waals surface area (Å²) in [6.45, 7) is 8.56. The maximum atomic E-state index is 13.4. The molecule has 0 saturated carbocycles. The van der Waals surface area contributed by atoms with E-state index in [2.05, 4.69) is 10.1 Å². The number of hydrogen-bond acceptors (Lipinski definition) is 8. The quantitative estimate of drug-likeness (QED) is 0.700. The summed E-state index contributed by atoms with van der Waals surface area (Å²) in [5.74, 6) is -0.537. The number of aliphatic carboxylic acids is 1. The first kappa shape index (κ1) is 23.4. The van der Waals surface area contributed by atoms with Crippen molar-refractivity contribution in [3.63, 3.8) is 0 Å². The van der Waals surface area contributed by atoms with E-state index in [1.54, 1.807) is 23.9 Å². The highest BCUT2D eigenvalue weighted by atomic mass is 16.6. The minimum atomic E-state index is -1.04. The van der Waals surface area contributed by atoms with Crippen LogP contribution < -0.4 is 15.4 Å². The van der Waals surface area contributed by atoms with E-state index >= 15 is 0 Å². The Balaban J connectivity index is 2.01. The zero-order valence-corrected chi connectivity index (χ0v) is 19.5. The molecule has 1 fully saturated rings. The highest BCUT2D eigenvalue weighted by Crippen LogP contribution is 2.22. The monoisotopic (exact) mass is 449 g/mol. The molecule has 176 valence electrons. The number of ether oxygens (including phenoxy) is 1. The van der Waals surface area contributed by atoms with Gasteiger partial charge in [-0.3, -0.25) is 9.59 Å². The number of carboxylic acid groups (broad SMARTS) is 1. The average Bonchev–Trinajstić information content (AvgIpc) is 3.14. The third kappa shape index (κ3) is 4.63. The van der Waals surface area contributed by atoms with Gasteiger partial charge in [0.15, 0.2) is 0 Å². The summed E-state index contributed by atoms with van der Waals surface area (Å²) < 4.78 is 8.13. The molecular formula is C20H31N7O5.